The molecular formula is C14H19N3O. The predicted octanol–water partition coefficient (Wildman–Crippen LogP) is 1.89. The molecular weight excluding hydrogens is 226 g/mol. The number of ether oxygens (including phenoxy) is 1. The van der Waals surface area contributed by atoms with E-state index in [4.69, 9.17) is 10.5 Å². The van der Waals surface area contributed by atoms with Gasteiger partial charge >= 0.3 is 0 Å². The third kappa shape index (κ3) is 2.40. The van der Waals surface area contributed by atoms with Gasteiger partial charge in [-0.3, -0.25) is 0 Å². The fraction of sp³-hybridized carbons (Fsp3) is 0.500. The average Bonchev–Trinajstić information content (AvgIpc) is 3.15. The molecule has 96 valence electrons. The van der Waals surface area contributed by atoms with Crippen LogP contribution in [-0.2, 0) is 11.2 Å². The molecule has 1 heterocycles. The van der Waals surface area contributed by atoms with E-state index in [1.165, 1.54) is 23.9 Å². The number of nitrogens with zero attached hydrogens (tertiary/aromatic N) is 2. The van der Waals surface area contributed by atoms with Crippen LogP contribution in [0.15, 0.2) is 24.5 Å². The zero-order chi connectivity index (χ0) is 12.4. The van der Waals surface area contributed by atoms with Crippen molar-refractivity contribution < 1.29 is 4.74 Å². The summed E-state index contributed by atoms with van der Waals surface area (Å²) in [6, 6.07) is 7.21. The van der Waals surface area contributed by atoms with Crippen LogP contribution >= 0.6 is 0 Å². The third-order valence-corrected chi connectivity index (χ3v) is 3.38. The number of imidazole rings is 1. The minimum absolute atomic E-state index is 0.588. The molecule has 0 amide bonds. The fourth-order valence-corrected chi connectivity index (χ4v) is 2.25. The van der Waals surface area contributed by atoms with Crippen LogP contribution in [0.5, 0.6) is 0 Å². The van der Waals surface area contributed by atoms with Crippen molar-refractivity contribution in [1.29, 1.82) is 0 Å². The molecule has 4 heteroatoms. The lowest BCUT2D eigenvalue weighted by Gasteiger charge is -2.04. The van der Waals surface area contributed by atoms with E-state index in [9.17, 15) is 0 Å². The summed E-state index contributed by atoms with van der Waals surface area (Å²) in [6.45, 7) is 1.95. The Hall–Kier alpha value is -1.39. The van der Waals surface area contributed by atoms with E-state index in [1.54, 1.807) is 0 Å². The molecule has 0 spiro atoms. The van der Waals surface area contributed by atoms with Crippen LogP contribution < -0.4 is 5.73 Å². The Morgan fingerprint density at radius 2 is 2.22 bits per heavy atom. The smallest absolute Gasteiger partial charge is 0.0960 e. The molecule has 4 nitrogen and oxygen atoms in total. The minimum atomic E-state index is 0.588. The third-order valence-electron chi connectivity index (χ3n) is 3.38. The minimum Gasteiger partial charge on any atom is -0.380 e. The number of aromatic nitrogens is 2. The highest BCUT2D eigenvalue weighted by Gasteiger charge is 2.24. The Balaban J connectivity index is 1.71. The molecule has 0 aliphatic heterocycles. The van der Waals surface area contributed by atoms with Crippen molar-refractivity contribution in [2.75, 3.05) is 19.8 Å². The van der Waals surface area contributed by atoms with E-state index in [0.717, 1.165) is 18.5 Å². The van der Waals surface area contributed by atoms with Gasteiger partial charge in [0.1, 0.15) is 0 Å². The van der Waals surface area contributed by atoms with Crippen molar-refractivity contribution >= 4 is 11.0 Å². The molecule has 0 atom stereocenters. The Labute approximate surface area is 107 Å². The molecule has 0 unspecified atom stereocenters. The van der Waals surface area contributed by atoms with Crippen molar-refractivity contribution in [1.82, 2.24) is 9.55 Å². The summed E-state index contributed by atoms with van der Waals surface area (Å²) in [5.41, 5.74) is 9.01. The number of hydrogen-bond donors (Lipinski definition) is 1. The van der Waals surface area contributed by atoms with Gasteiger partial charge in [0.2, 0.25) is 0 Å². The summed E-state index contributed by atoms with van der Waals surface area (Å²) in [4.78, 5) is 4.49. The molecule has 0 bridgehead atoms. The van der Waals surface area contributed by atoms with Gasteiger partial charge in [0.05, 0.1) is 30.6 Å². The maximum atomic E-state index is 5.40. The molecule has 0 radical (unpaired) electrons. The molecule has 1 fully saturated rings. The predicted molar refractivity (Wildman–Crippen MR) is 71.6 cm³/mol. The topological polar surface area (TPSA) is 53.1 Å². The SMILES string of the molecule is NCCOCCc1ccc2c(c1)ncn2C1CC1. The second-order valence-corrected chi connectivity index (χ2v) is 4.86. The first kappa shape index (κ1) is 11.7. The first-order valence-electron chi connectivity index (χ1n) is 6.62. The van der Waals surface area contributed by atoms with Gasteiger partial charge in [-0.1, -0.05) is 6.07 Å². The first-order chi connectivity index (χ1) is 8.88. The standard InChI is InChI=1S/C14H19N3O/c15-6-8-18-7-5-11-1-4-14-13(9-11)16-10-17(14)12-2-3-12/h1,4,9-10,12H,2-3,5-8,15H2. The van der Waals surface area contributed by atoms with Crippen molar-refractivity contribution in [3.63, 3.8) is 0 Å². The van der Waals surface area contributed by atoms with Crippen molar-refractivity contribution in [2.45, 2.75) is 25.3 Å². The van der Waals surface area contributed by atoms with Gasteiger partial charge in [-0.05, 0) is 37.0 Å². The van der Waals surface area contributed by atoms with Crippen LogP contribution in [0.3, 0.4) is 0 Å². The van der Waals surface area contributed by atoms with Crippen LogP contribution in [0.25, 0.3) is 11.0 Å². The second kappa shape index (κ2) is 5.08. The van der Waals surface area contributed by atoms with E-state index >= 15 is 0 Å². The molecule has 1 aromatic heterocycles. The lowest BCUT2D eigenvalue weighted by molar-refractivity contribution is 0.145. The summed E-state index contributed by atoms with van der Waals surface area (Å²) < 4.78 is 7.70. The molecule has 18 heavy (non-hydrogen) atoms. The van der Waals surface area contributed by atoms with Gasteiger partial charge in [-0.15, -0.1) is 0 Å². The van der Waals surface area contributed by atoms with E-state index in [1.807, 2.05) is 6.33 Å². The second-order valence-electron chi connectivity index (χ2n) is 4.86. The van der Waals surface area contributed by atoms with Crippen LogP contribution in [-0.4, -0.2) is 29.3 Å². The van der Waals surface area contributed by atoms with Crippen molar-refractivity contribution in [3.8, 4) is 0 Å². The van der Waals surface area contributed by atoms with Gasteiger partial charge < -0.3 is 15.0 Å². The summed E-state index contributed by atoms with van der Waals surface area (Å²) in [7, 11) is 0. The number of rotatable bonds is 6. The van der Waals surface area contributed by atoms with Crippen molar-refractivity contribution in [3.05, 3.63) is 30.1 Å². The summed E-state index contributed by atoms with van der Waals surface area (Å²) in [5.74, 6) is 0. The fourth-order valence-electron chi connectivity index (χ4n) is 2.25. The van der Waals surface area contributed by atoms with E-state index < -0.39 is 0 Å². The molecule has 2 N–H and O–H groups in total. The van der Waals surface area contributed by atoms with E-state index in [0.29, 0.717) is 19.2 Å². The van der Waals surface area contributed by atoms with Gasteiger partial charge in [-0.2, -0.15) is 0 Å². The molecule has 3 rings (SSSR count). The summed E-state index contributed by atoms with van der Waals surface area (Å²) >= 11 is 0. The molecule has 2 aromatic rings. The Bertz CT molecular complexity index is 531. The zero-order valence-electron chi connectivity index (χ0n) is 10.5. The quantitative estimate of drug-likeness (QED) is 0.791. The lowest BCUT2D eigenvalue weighted by Crippen LogP contribution is -2.10. The van der Waals surface area contributed by atoms with Crippen LogP contribution in [0, 0.1) is 0 Å². The highest BCUT2D eigenvalue weighted by Crippen LogP contribution is 2.37. The number of benzene rings is 1. The van der Waals surface area contributed by atoms with E-state index in [2.05, 4.69) is 27.8 Å². The Morgan fingerprint density at radius 1 is 1.33 bits per heavy atom. The number of hydrogen-bond acceptors (Lipinski definition) is 3. The summed E-state index contributed by atoms with van der Waals surface area (Å²) in [5, 5.41) is 0. The molecule has 1 saturated carbocycles. The van der Waals surface area contributed by atoms with Gasteiger partial charge in [0, 0.05) is 12.6 Å². The molecule has 1 aliphatic carbocycles. The van der Waals surface area contributed by atoms with Crippen LogP contribution in [0.1, 0.15) is 24.4 Å². The maximum Gasteiger partial charge on any atom is 0.0960 e. The molecule has 1 aromatic carbocycles. The molecule has 0 saturated heterocycles. The number of nitrogens with two attached hydrogens (primary N) is 1. The van der Waals surface area contributed by atoms with Gasteiger partial charge in [-0.25, -0.2) is 4.98 Å². The maximum absolute atomic E-state index is 5.40. The van der Waals surface area contributed by atoms with Crippen LogP contribution in [0.4, 0.5) is 0 Å². The van der Waals surface area contributed by atoms with Gasteiger partial charge in [0.15, 0.2) is 0 Å². The summed E-state index contributed by atoms with van der Waals surface area (Å²) in [6.07, 6.45) is 5.48. The zero-order valence-corrected chi connectivity index (χ0v) is 10.5. The molecule has 1 aliphatic rings. The van der Waals surface area contributed by atoms with Gasteiger partial charge in [0.25, 0.3) is 0 Å². The lowest BCUT2D eigenvalue weighted by atomic mass is 10.1. The number of fused-ring (bicyclic) bond motifs is 1. The van der Waals surface area contributed by atoms with Crippen LogP contribution in [0.2, 0.25) is 0 Å². The largest absolute Gasteiger partial charge is 0.380 e. The highest BCUT2D eigenvalue weighted by atomic mass is 16.5. The average molecular weight is 245 g/mol. The highest BCUT2D eigenvalue weighted by molar-refractivity contribution is 5.76. The Morgan fingerprint density at radius 3 is 3.00 bits per heavy atom. The monoisotopic (exact) mass is 245 g/mol. The Kier molecular flexibility index (Phi) is 3.30. The van der Waals surface area contributed by atoms with Crippen molar-refractivity contribution in [2.24, 2.45) is 5.73 Å². The first-order valence-corrected chi connectivity index (χ1v) is 6.62. The normalized spacial score (nSPS) is 15.4. The van der Waals surface area contributed by atoms with E-state index in [-0.39, 0.29) is 0 Å².